The number of esters is 1. The van der Waals surface area contributed by atoms with E-state index < -0.39 is 5.97 Å². The molecule has 0 spiro atoms. The highest BCUT2D eigenvalue weighted by Crippen LogP contribution is 2.67. The van der Waals surface area contributed by atoms with Gasteiger partial charge in [-0.3, -0.25) is 9.59 Å². The average molecular weight is 569 g/mol. The van der Waals surface area contributed by atoms with Crippen LogP contribution in [0.4, 0.5) is 0 Å². The molecule has 0 heterocycles. The summed E-state index contributed by atoms with van der Waals surface area (Å²) < 4.78 is 6.22. The van der Waals surface area contributed by atoms with Crippen LogP contribution in [0, 0.1) is 82.9 Å². The van der Waals surface area contributed by atoms with Gasteiger partial charge in [0.15, 0.2) is 0 Å². The highest BCUT2D eigenvalue weighted by atomic mass is 16.6. The van der Waals surface area contributed by atoms with E-state index in [0.717, 1.165) is 91.3 Å². The minimum Gasteiger partial charge on any atom is -0.481 e. The Morgan fingerprint density at radius 3 is 1.51 bits per heavy atom. The number of carbonyl (C=O) groups is 2. The molecule has 0 saturated heterocycles. The zero-order valence-corrected chi connectivity index (χ0v) is 26.9. The smallest absolute Gasteiger partial charge is 0.309 e. The molecule has 0 amide bonds. The van der Waals surface area contributed by atoms with Gasteiger partial charge in [0.25, 0.3) is 0 Å². The van der Waals surface area contributed by atoms with E-state index in [1.165, 1.54) is 64.2 Å². The first kappa shape index (κ1) is 30.0. The molecule has 4 heteroatoms. The zero-order chi connectivity index (χ0) is 29.1. The first-order valence-electron chi connectivity index (χ1n) is 18.2. The monoisotopic (exact) mass is 568 g/mol. The van der Waals surface area contributed by atoms with E-state index in [2.05, 4.69) is 34.6 Å². The van der Waals surface area contributed by atoms with Crippen LogP contribution >= 0.6 is 0 Å². The molecule has 41 heavy (non-hydrogen) atoms. The molecule has 7 aliphatic rings. The lowest BCUT2D eigenvalue weighted by molar-refractivity contribution is -0.168. The van der Waals surface area contributed by atoms with Crippen LogP contribution in [0.3, 0.4) is 0 Å². The third-order valence-corrected chi connectivity index (χ3v) is 14.8. The molecular weight excluding hydrogens is 508 g/mol. The molecule has 0 aromatic carbocycles. The second kappa shape index (κ2) is 11.8. The van der Waals surface area contributed by atoms with Gasteiger partial charge in [0.05, 0.1) is 11.8 Å². The van der Waals surface area contributed by atoms with Crippen molar-refractivity contribution in [3.05, 3.63) is 0 Å². The number of hydrogen-bond acceptors (Lipinski definition) is 3. The summed E-state index contributed by atoms with van der Waals surface area (Å²) in [5, 5.41) is 9.34. The van der Waals surface area contributed by atoms with E-state index in [1.807, 2.05) is 0 Å². The quantitative estimate of drug-likeness (QED) is 0.297. The molecule has 7 aliphatic carbocycles. The Hall–Kier alpha value is -1.06. The number of aliphatic carboxylic acids is 1. The highest BCUT2D eigenvalue weighted by molar-refractivity contribution is 5.74. The third-order valence-electron chi connectivity index (χ3n) is 14.8. The lowest BCUT2D eigenvalue weighted by Gasteiger charge is -2.37. The number of rotatable bonds is 8. The number of hydrogen-bond donors (Lipinski definition) is 1. The molecule has 7 rings (SSSR count). The molecule has 0 aromatic rings. The topological polar surface area (TPSA) is 63.6 Å². The van der Waals surface area contributed by atoms with Crippen molar-refractivity contribution >= 4 is 11.9 Å². The summed E-state index contributed by atoms with van der Waals surface area (Å²) >= 11 is 0. The normalized spacial score (nSPS) is 48.1. The molecule has 0 aliphatic heterocycles. The second-order valence-corrected chi connectivity index (χ2v) is 16.0. The highest BCUT2D eigenvalue weighted by Gasteiger charge is 2.62. The maximum atomic E-state index is 13.1. The fourth-order valence-corrected chi connectivity index (χ4v) is 13.2. The summed E-state index contributed by atoms with van der Waals surface area (Å²) in [6.07, 6.45) is 18.3. The van der Waals surface area contributed by atoms with Crippen molar-refractivity contribution in [2.24, 2.45) is 82.9 Å². The molecule has 4 nitrogen and oxygen atoms in total. The van der Waals surface area contributed by atoms with E-state index in [-0.39, 0.29) is 23.4 Å². The minimum absolute atomic E-state index is 0.00842. The van der Waals surface area contributed by atoms with Crippen LogP contribution in [0.2, 0.25) is 0 Å². The van der Waals surface area contributed by atoms with Gasteiger partial charge in [-0.1, -0.05) is 60.3 Å². The van der Waals surface area contributed by atoms with E-state index in [4.69, 9.17) is 4.74 Å². The average Bonchev–Trinajstić information content (AvgIpc) is 3.81. The van der Waals surface area contributed by atoms with Crippen molar-refractivity contribution in [1.82, 2.24) is 0 Å². The maximum absolute atomic E-state index is 13.1. The van der Waals surface area contributed by atoms with Gasteiger partial charge in [0.2, 0.25) is 0 Å². The van der Waals surface area contributed by atoms with Gasteiger partial charge in [0, 0.05) is 0 Å². The van der Waals surface area contributed by atoms with Gasteiger partial charge in [-0.05, 0) is 142 Å². The maximum Gasteiger partial charge on any atom is 0.309 e. The van der Waals surface area contributed by atoms with Crippen LogP contribution in [0.1, 0.15) is 131 Å². The molecule has 7 fully saturated rings. The van der Waals surface area contributed by atoms with Gasteiger partial charge in [-0.15, -0.1) is 0 Å². The summed E-state index contributed by atoms with van der Waals surface area (Å²) in [5.41, 5.74) is -0.107. The Labute approximate surface area is 250 Å². The molecule has 232 valence electrons. The van der Waals surface area contributed by atoms with Gasteiger partial charge >= 0.3 is 11.9 Å². The number of ether oxygens (including phenoxy) is 1. The summed E-state index contributed by atoms with van der Waals surface area (Å²) in [6, 6.07) is 0. The molecular formula is C37H60O4. The standard InChI is InChI=1S/C22H36O2.C15H24O2/c1-4-14-11-15(5-2)20-17-12-16(19(14)20)13-18(17)21(23)24-22(6-3)9-7-8-10-22;1-3-8-5-9(4-2)14-11-6-10(13(8)14)7-12(11)15(16)17/h14-20H,4-13H2,1-3H3;8-14H,3-7H2,1-2H3,(H,16,17). The fraction of sp³-hybridized carbons (Fsp3) is 0.946. The van der Waals surface area contributed by atoms with Gasteiger partial charge in [-0.2, -0.15) is 0 Å². The van der Waals surface area contributed by atoms with Crippen molar-refractivity contribution in [3.8, 4) is 0 Å². The Balaban J connectivity index is 0.000000156. The van der Waals surface area contributed by atoms with Gasteiger partial charge < -0.3 is 9.84 Å². The Morgan fingerprint density at radius 1 is 0.634 bits per heavy atom. The largest absolute Gasteiger partial charge is 0.481 e. The van der Waals surface area contributed by atoms with Gasteiger partial charge in [-0.25, -0.2) is 0 Å². The summed E-state index contributed by atoms with van der Waals surface area (Å²) in [6.45, 7) is 11.6. The number of carboxylic acids is 1. The summed E-state index contributed by atoms with van der Waals surface area (Å²) in [5.74, 6) is 9.52. The Bertz CT molecular complexity index is 953. The van der Waals surface area contributed by atoms with Crippen LogP contribution in [0.5, 0.6) is 0 Å². The second-order valence-electron chi connectivity index (χ2n) is 16.0. The zero-order valence-electron chi connectivity index (χ0n) is 26.9. The molecule has 14 atom stereocenters. The SMILES string of the molecule is CCC1CC(CC)C2C3CC(CC3C(=O)O)C12.CCC1CC(CC)C2C3CC(CC3C(=O)OC3(CC)CCCC3)C12. The van der Waals surface area contributed by atoms with E-state index in [9.17, 15) is 14.7 Å². The molecule has 0 aromatic heterocycles. The molecule has 4 bridgehead atoms. The van der Waals surface area contributed by atoms with Crippen molar-refractivity contribution in [3.63, 3.8) is 0 Å². The minimum atomic E-state index is -0.522. The number of carbonyl (C=O) groups excluding carboxylic acids is 1. The van der Waals surface area contributed by atoms with Crippen molar-refractivity contribution in [2.45, 2.75) is 137 Å². The van der Waals surface area contributed by atoms with Crippen LogP contribution in [-0.4, -0.2) is 22.6 Å². The van der Waals surface area contributed by atoms with Gasteiger partial charge in [0.1, 0.15) is 5.60 Å². The van der Waals surface area contributed by atoms with Crippen molar-refractivity contribution in [1.29, 1.82) is 0 Å². The van der Waals surface area contributed by atoms with E-state index >= 15 is 0 Å². The lowest BCUT2D eigenvalue weighted by Crippen LogP contribution is -2.39. The Morgan fingerprint density at radius 2 is 1.07 bits per heavy atom. The first-order valence-corrected chi connectivity index (χ1v) is 18.2. The van der Waals surface area contributed by atoms with Crippen molar-refractivity contribution in [2.75, 3.05) is 0 Å². The van der Waals surface area contributed by atoms with Crippen molar-refractivity contribution < 1.29 is 19.4 Å². The van der Waals surface area contributed by atoms with Crippen LogP contribution in [0.25, 0.3) is 0 Å². The van der Waals surface area contributed by atoms with Crippen LogP contribution in [-0.2, 0) is 14.3 Å². The summed E-state index contributed by atoms with van der Waals surface area (Å²) in [7, 11) is 0. The predicted octanol–water partition coefficient (Wildman–Crippen LogP) is 9.01. The fourth-order valence-electron chi connectivity index (χ4n) is 13.2. The molecule has 7 saturated carbocycles. The first-order chi connectivity index (χ1) is 19.8. The Kier molecular flexibility index (Phi) is 8.63. The predicted molar refractivity (Wildman–Crippen MR) is 163 cm³/mol. The molecule has 0 radical (unpaired) electrons. The summed E-state index contributed by atoms with van der Waals surface area (Å²) in [4.78, 5) is 24.4. The van der Waals surface area contributed by atoms with E-state index in [1.54, 1.807) is 0 Å². The molecule has 1 N–H and O–H groups in total. The number of fused-ring (bicyclic) bond motifs is 10. The van der Waals surface area contributed by atoms with Crippen LogP contribution in [0.15, 0.2) is 0 Å². The van der Waals surface area contributed by atoms with E-state index in [0.29, 0.717) is 11.8 Å². The molecule has 14 unspecified atom stereocenters. The lowest BCUT2D eigenvalue weighted by atomic mass is 9.70. The third kappa shape index (κ3) is 4.92. The number of carboxylic acid groups (broad SMARTS) is 1. The van der Waals surface area contributed by atoms with Crippen LogP contribution < -0.4 is 0 Å².